The number of likely N-dealkylation sites (tertiary alicyclic amines) is 1. The lowest BCUT2D eigenvalue weighted by Gasteiger charge is -2.26. The summed E-state index contributed by atoms with van der Waals surface area (Å²) in [5.74, 6) is 0.263. The minimum atomic E-state index is -0.0795. The molecule has 1 aliphatic heterocycles. The van der Waals surface area contributed by atoms with Crippen LogP contribution < -0.4 is 5.32 Å². The fourth-order valence-corrected chi connectivity index (χ4v) is 4.63. The molecule has 1 aromatic heterocycles. The van der Waals surface area contributed by atoms with E-state index < -0.39 is 0 Å². The van der Waals surface area contributed by atoms with Crippen molar-refractivity contribution >= 4 is 35.2 Å². The lowest BCUT2D eigenvalue weighted by atomic mass is 10.1. The Kier molecular flexibility index (Phi) is 7.50. The highest BCUT2D eigenvalue weighted by Gasteiger charge is 2.18. The summed E-state index contributed by atoms with van der Waals surface area (Å²) < 4.78 is 1.90. The first-order valence-corrected chi connectivity index (χ1v) is 12.0. The molecule has 3 aromatic rings. The Morgan fingerprint density at radius 1 is 1.06 bits per heavy atom. The summed E-state index contributed by atoms with van der Waals surface area (Å²) in [4.78, 5) is 31.2. The van der Waals surface area contributed by atoms with Gasteiger partial charge in [0.2, 0.25) is 5.91 Å². The second kappa shape index (κ2) is 10.7. The molecular formula is C24H25ClN4O2S. The Labute approximate surface area is 197 Å². The Morgan fingerprint density at radius 3 is 2.59 bits per heavy atom. The number of nitrogens with zero attached hydrogens (tertiary/aromatic N) is 3. The first-order valence-electron chi connectivity index (χ1n) is 10.7. The molecular weight excluding hydrogens is 444 g/mol. The monoisotopic (exact) mass is 468 g/mol. The number of piperidine rings is 1. The Balaban J connectivity index is 1.27. The van der Waals surface area contributed by atoms with Gasteiger partial charge in [-0.2, -0.15) is 0 Å². The maximum Gasteiger partial charge on any atom is 0.253 e. The highest BCUT2D eigenvalue weighted by molar-refractivity contribution is 7.99. The van der Waals surface area contributed by atoms with Gasteiger partial charge in [0.25, 0.3) is 5.91 Å². The molecule has 1 fully saturated rings. The molecule has 0 unspecified atom stereocenters. The molecule has 32 heavy (non-hydrogen) atoms. The van der Waals surface area contributed by atoms with Gasteiger partial charge in [-0.25, -0.2) is 4.98 Å². The number of halogens is 1. The van der Waals surface area contributed by atoms with Crippen molar-refractivity contribution in [2.45, 2.75) is 31.0 Å². The van der Waals surface area contributed by atoms with E-state index in [2.05, 4.69) is 10.3 Å². The van der Waals surface area contributed by atoms with Gasteiger partial charge < -0.3 is 10.2 Å². The molecule has 0 spiro atoms. The van der Waals surface area contributed by atoms with Gasteiger partial charge in [0.05, 0.1) is 5.75 Å². The number of nitrogens with one attached hydrogen (secondary N) is 1. The Hall–Kier alpha value is -2.77. The van der Waals surface area contributed by atoms with Crippen molar-refractivity contribution in [3.63, 3.8) is 0 Å². The second-order valence-electron chi connectivity index (χ2n) is 7.67. The van der Waals surface area contributed by atoms with Crippen LogP contribution in [0.3, 0.4) is 0 Å². The average molecular weight is 469 g/mol. The highest BCUT2D eigenvalue weighted by atomic mass is 35.5. The zero-order chi connectivity index (χ0) is 22.3. The summed E-state index contributed by atoms with van der Waals surface area (Å²) in [5, 5.41) is 4.30. The Bertz CT molecular complexity index is 1080. The summed E-state index contributed by atoms with van der Waals surface area (Å²) in [5.41, 5.74) is 2.56. The third-order valence-electron chi connectivity index (χ3n) is 5.36. The molecule has 0 radical (unpaired) electrons. The fourth-order valence-electron chi connectivity index (χ4n) is 3.65. The first-order chi connectivity index (χ1) is 15.6. The van der Waals surface area contributed by atoms with Crippen LogP contribution in [-0.4, -0.2) is 45.1 Å². The number of rotatable bonds is 7. The molecule has 1 saturated heterocycles. The number of imidazole rings is 1. The minimum absolute atomic E-state index is 0.0795. The van der Waals surface area contributed by atoms with Crippen molar-refractivity contribution < 1.29 is 9.59 Å². The molecule has 0 saturated carbocycles. The van der Waals surface area contributed by atoms with E-state index in [4.69, 9.17) is 11.6 Å². The molecule has 1 aliphatic rings. The van der Waals surface area contributed by atoms with E-state index in [-0.39, 0.29) is 17.6 Å². The van der Waals surface area contributed by atoms with Crippen LogP contribution in [0.5, 0.6) is 0 Å². The van der Waals surface area contributed by atoms with Crippen molar-refractivity contribution in [1.29, 1.82) is 0 Å². The molecule has 4 rings (SSSR count). The molecule has 8 heteroatoms. The number of carbonyl (C=O) groups excluding carboxylic acids is 2. The summed E-state index contributed by atoms with van der Waals surface area (Å²) in [6, 6.07) is 15.0. The molecule has 0 aliphatic carbocycles. The number of benzene rings is 2. The van der Waals surface area contributed by atoms with Gasteiger partial charge >= 0.3 is 0 Å². The van der Waals surface area contributed by atoms with Gasteiger partial charge in [-0.1, -0.05) is 41.6 Å². The molecule has 0 bridgehead atoms. The van der Waals surface area contributed by atoms with Crippen LogP contribution in [0.1, 0.15) is 35.2 Å². The molecule has 1 N–H and O–H groups in total. The normalized spacial score (nSPS) is 13.7. The smallest absolute Gasteiger partial charge is 0.253 e. The van der Waals surface area contributed by atoms with Crippen LogP contribution in [0, 0.1) is 0 Å². The van der Waals surface area contributed by atoms with Gasteiger partial charge in [0.15, 0.2) is 5.16 Å². The lowest BCUT2D eigenvalue weighted by Crippen LogP contribution is -2.35. The van der Waals surface area contributed by atoms with Crippen LogP contribution in [0.2, 0.25) is 5.02 Å². The third-order valence-corrected chi connectivity index (χ3v) is 6.56. The molecule has 2 aromatic carbocycles. The number of hydrogen-bond acceptors (Lipinski definition) is 4. The molecule has 6 nitrogen and oxygen atoms in total. The van der Waals surface area contributed by atoms with Crippen LogP contribution in [0.4, 0.5) is 0 Å². The van der Waals surface area contributed by atoms with E-state index >= 15 is 0 Å². The van der Waals surface area contributed by atoms with E-state index in [0.29, 0.717) is 17.1 Å². The van der Waals surface area contributed by atoms with Crippen molar-refractivity contribution in [3.8, 4) is 5.69 Å². The number of amides is 2. The minimum Gasteiger partial charge on any atom is -0.351 e. The van der Waals surface area contributed by atoms with Crippen LogP contribution in [-0.2, 0) is 11.3 Å². The van der Waals surface area contributed by atoms with Crippen molar-refractivity contribution in [3.05, 3.63) is 77.1 Å². The van der Waals surface area contributed by atoms with E-state index in [9.17, 15) is 9.59 Å². The van der Waals surface area contributed by atoms with Crippen LogP contribution in [0.25, 0.3) is 5.69 Å². The zero-order valence-corrected chi connectivity index (χ0v) is 19.2. The predicted octanol–water partition coefficient (Wildman–Crippen LogP) is 4.56. The highest BCUT2D eigenvalue weighted by Crippen LogP contribution is 2.22. The van der Waals surface area contributed by atoms with Crippen molar-refractivity contribution in [2.75, 3.05) is 18.8 Å². The number of aromatic nitrogens is 2. The van der Waals surface area contributed by atoms with Gasteiger partial charge in [-0.05, 0) is 55.2 Å². The molecule has 2 amide bonds. The number of hydrogen-bond donors (Lipinski definition) is 1. The lowest BCUT2D eigenvalue weighted by molar-refractivity contribution is -0.118. The summed E-state index contributed by atoms with van der Waals surface area (Å²) in [7, 11) is 0. The molecule has 2 heterocycles. The number of carbonyl (C=O) groups is 2. The number of thioether (sulfide) groups is 1. The van der Waals surface area contributed by atoms with Gasteiger partial charge in [-0.3, -0.25) is 14.2 Å². The largest absolute Gasteiger partial charge is 0.351 e. The van der Waals surface area contributed by atoms with E-state index in [1.807, 2.05) is 64.2 Å². The fraction of sp³-hybridized carbons (Fsp3) is 0.292. The van der Waals surface area contributed by atoms with Crippen molar-refractivity contribution in [2.24, 2.45) is 0 Å². The standard InChI is InChI=1S/C24H25ClN4O2S/c25-20-5-4-6-21(15-20)29-14-11-26-24(29)32-17-22(30)27-16-18-7-9-19(10-8-18)23(31)28-12-2-1-3-13-28/h4-11,14-15H,1-3,12-13,16-17H2,(H,27,30). The maximum atomic E-state index is 12.6. The summed E-state index contributed by atoms with van der Waals surface area (Å²) in [6.07, 6.45) is 6.90. The van der Waals surface area contributed by atoms with Gasteiger partial charge in [0, 0.05) is 48.3 Å². The van der Waals surface area contributed by atoms with Gasteiger partial charge in [0.1, 0.15) is 0 Å². The predicted molar refractivity (Wildman–Crippen MR) is 127 cm³/mol. The SMILES string of the molecule is O=C(CSc1nccn1-c1cccc(Cl)c1)NCc1ccc(C(=O)N2CCCCC2)cc1. The van der Waals surface area contributed by atoms with Gasteiger partial charge in [-0.15, -0.1) is 0 Å². The average Bonchev–Trinajstić information content (AvgIpc) is 3.30. The third kappa shape index (κ3) is 5.72. The quantitative estimate of drug-likeness (QED) is 0.516. The zero-order valence-electron chi connectivity index (χ0n) is 17.7. The summed E-state index contributed by atoms with van der Waals surface area (Å²) >= 11 is 7.45. The topological polar surface area (TPSA) is 67.2 Å². The molecule has 166 valence electrons. The van der Waals surface area contributed by atoms with E-state index in [1.54, 1.807) is 6.20 Å². The van der Waals surface area contributed by atoms with E-state index in [0.717, 1.165) is 42.3 Å². The maximum absolute atomic E-state index is 12.6. The molecule has 0 atom stereocenters. The first kappa shape index (κ1) is 22.4. The summed E-state index contributed by atoms with van der Waals surface area (Å²) in [6.45, 7) is 2.09. The van der Waals surface area contributed by atoms with Crippen LogP contribution in [0.15, 0.2) is 66.1 Å². The second-order valence-corrected chi connectivity index (χ2v) is 9.05. The Morgan fingerprint density at radius 2 is 1.84 bits per heavy atom. The van der Waals surface area contributed by atoms with Crippen molar-refractivity contribution in [1.82, 2.24) is 19.8 Å². The van der Waals surface area contributed by atoms with Crippen LogP contribution >= 0.6 is 23.4 Å². The van der Waals surface area contributed by atoms with E-state index in [1.165, 1.54) is 18.2 Å².